The van der Waals surface area contributed by atoms with Crippen molar-refractivity contribution < 1.29 is 23.2 Å². The number of ether oxygens (including phenoxy) is 2. The maximum Gasteiger partial charge on any atom is 0.387 e. The monoisotopic (exact) mass is 384 g/mol. The second kappa shape index (κ2) is 7.84. The summed E-state index contributed by atoms with van der Waals surface area (Å²) in [5.74, 6) is -0.461. The molecular formula is C17H15ClF2N2O4. The lowest BCUT2D eigenvalue weighted by atomic mass is 10.1. The average Bonchev–Trinajstić information content (AvgIpc) is 2.61. The van der Waals surface area contributed by atoms with E-state index in [2.05, 4.69) is 4.74 Å². The lowest BCUT2D eigenvalue weighted by Gasteiger charge is -2.35. The number of halogens is 3. The number of benzene rings is 2. The number of nitro benzene ring substituents is 1. The third kappa shape index (κ3) is 4.20. The molecule has 0 bridgehead atoms. The summed E-state index contributed by atoms with van der Waals surface area (Å²) >= 11 is 5.89. The SMILES string of the molecule is O=[N+]([O-])c1ccc(N2CCOC(c3ccc(Cl)cc3)C2)cc1OC(F)F. The molecule has 0 aliphatic carbocycles. The zero-order chi connectivity index (χ0) is 18.7. The Morgan fingerprint density at radius 2 is 2.00 bits per heavy atom. The summed E-state index contributed by atoms with van der Waals surface area (Å²) in [6, 6.07) is 11.2. The zero-order valence-corrected chi connectivity index (χ0v) is 14.2. The van der Waals surface area contributed by atoms with Crippen LogP contribution in [0.4, 0.5) is 20.2 Å². The van der Waals surface area contributed by atoms with Crippen molar-refractivity contribution >= 4 is 23.0 Å². The molecule has 1 aliphatic heterocycles. The Hall–Kier alpha value is -2.45. The molecule has 0 spiro atoms. The van der Waals surface area contributed by atoms with Gasteiger partial charge in [-0.05, 0) is 23.8 Å². The molecule has 0 amide bonds. The van der Waals surface area contributed by atoms with Crippen molar-refractivity contribution in [1.29, 1.82) is 0 Å². The summed E-state index contributed by atoms with van der Waals surface area (Å²) < 4.78 is 35.2. The number of nitrogens with zero attached hydrogens (tertiary/aromatic N) is 2. The van der Waals surface area contributed by atoms with Gasteiger partial charge in [0.1, 0.15) is 6.10 Å². The van der Waals surface area contributed by atoms with Crippen LogP contribution in [0, 0.1) is 10.1 Å². The van der Waals surface area contributed by atoms with Crippen molar-refractivity contribution in [2.45, 2.75) is 12.7 Å². The van der Waals surface area contributed by atoms with Gasteiger partial charge in [-0.15, -0.1) is 0 Å². The lowest BCUT2D eigenvalue weighted by molar-refractivity contribution is -0.386. The molecule has 1 atom stereocenters. The predicted octanol–water partition coefficient (Wildman–Crippen LogP) is 4.43. The quantitative estimate of drug-likeness (QED) is 0.563. The van der Waals surface area contributed by atoms with E-state index in [-0.39, 0.29) is 6.10 Å². The van der Waals surface area contributed by atoms with Crippen LogP contribution >= 0.6 is 11.6 Å². The van der Waals surface area contributed by atoms with Gasteiger partial charge in [0.25, 0.3) is 0 Å². The highest BCUT2D eigenvalue weighted by Crippen LogP contribution is 2.34. The van der Waals surface area contributed by atoms with Crippen LogP contribution in [0.5, 0.6) is 5.75 Å². The number of hydrogen-bond acceptors (Lipinski definition) is 5. The highest BCUT2D eigenvalue weighted by atomic mass is 35.5. The fourth-order valence-electron chi connectivity index (χ4n) is 2.80. The Morgan fingerprint density at radius 1 is 1.27 bits per heavy atom. The van der Waals surface area contributed by atoms with E-state index in [1.54, 1.807) is 12.1 Å². The molecule has 2 aromatic carbocycles. The van der Waals surface area contributed by atoms with Crippen molar-refractivity contribution in [2.75, 3.05) is 24.6 Å². The van der Waals surface area contributed by atoms with Crippen LogP contribution in [0.2, 0.25) is 5.02 Å². The summed E-state index contributed by atoms with van der Waals surface area (Å²) in [6.45, 7) is -1.73. The molecule has 2 aromatic rings. The van der Waals surface area contributed by atoms with Crippen LogP contribution < -0.4 is 9.64 Å². The third-order valence-corrected chi connectivity index (χ3v) is 4.28. The highest BCUT2D eigenvalue weighted by Gasteiger charge is 2.25. The lowest BCUT2D eigenvalue weighted by Crippen LogP contribution is -2.38. The molecular weight excluding hydrogens is 370 g/mol. The van der Waals surface area contributed by atoms with Crippen LogP contribution in [0.1, 0.15) is 11.7 Å². The van der Waals surface area contributed by atoms with E-state index < -0.39 is 23.0 Å². The molecule has 1 saturated heterocycles. The minimum absolute atomic E-state index is 0.226. The minimum atomic E-state index is -3.14. The Balaban J connectivity index is 1.83. The number of morpholine rings is 1. The number of rotatable bonds is 5. The molecule has 3 rings (SSSR count). The molecule has 1 aliphatic rings. The first kappa shape index (κ1) is 18.3. The maximum atomic E-state index is 12.6. The molecule has 1 unspecified atom stereocenters. The summed E-state index contributed by atoms with van der Waals surface area (Å²) in [4.78, 5) is 12.1. The average molecular weight is 385 g/mol. The largest absolute Gasteiger partial charge is 0.427 e. The standard InChI is InChI=1S/C17H15ClF2N2O4/c18-12-3-1-11(2-4-12)16-10-21(7-8-25-16)13-5-6-14(22(23)24)15(9-13)26-17(19)20/h1-6,9,16-17H,7-8,10H2. The van der Waals surface area contributed by atoms with E-state index in [9.17, 15) is 18.9 Å². The van der Waals surface area contributed by atoms with Crippen LogP contribution in [0.3, 0.4) is 0 Å². The molecule has 0 aromatic heterocycles. The summed E-state index contributed by atoms with van der Waals surface area (Å²) in [5.41, 5.74) is 0.982. The number of hydrogen-bond donors (Lipinski definition) is 0. The van der Waals surface area contributed by atoms with Gasteiger partial charge in [0.15, 0.2) is 0 Å². The number of alkyl halides is 2. The first-order valence-electron chi connectivity index (χ1n) is 7.79. The van der Waals surface area contributed by atoms with E-state index in [1.807, 2.05) is 17.0 Å². The molecule has 0 N–H and O–H groups in total. The van der Waals surface area contributed by atoms with Crippen LogP contribution in [0.15, 0.2) is 42.5 Å². The molecule has 6 nitrogen and oxygen atoms in total. The highest BCUT2D eigenvalue weighted by molar-refractivity contribution is 6.30. The molecule has 0 radical (unpaired) electrons. The Morgan fingerprint density at radius 3 is 2.65 bits per heavy atom. The van der Waals surface area contributed by atoms with Gasteiger partial charge in [0, 0.05) is 35.9 Å². The maximum absolute atomic E-state index is 12.6. The fourth-order valence-corrected chi connectivity index (χ4v) is 2.93. The molecule has 0 saturated carbocycles. The normalized spacial score (nSPS) is 17.4. The van der Waals surface area contributed by atoms with Gasteiger partial charge in [-0.1, -0.05) is 23.7 Å². The van der Waals surface area contributed by atoms with E-state index in [1.165, 1.54) is 18.2 Å². The molecule has 1 fully saturated rings. The van der Waals surface area contributed by atoms with Crippen molar-refractivity contribution in [1.82, 2.24) is 0 Å². The van der Waals surface area contributed by atoms with Gasteiger partial charge in [0.05, 0.1) is 11.5 Å². The molecule has 138 valence electrons. The first-order valence-corrected chi connectivity index (χ1v) is 8.17. The topological polar surface area (TPSA) is 64.8 Å². The van der Waals surface area contributed by atoms with Gasteiger partial charge in [-0.3, -0.25) is 10.1 Å². The van der Waals surface area contributed by atoms with E-state index in [0.717, 1.165) is 5.56 Å². The predicted molar refractivity (Wildman–Crippen MR) is 92.1 cm³/mol. The Kier molecular flexibility index (Phi) is 5.53. The molecule has 9 heteroatoms. The van der Waals surface area contributed by atoms with Gasteiger partial charge in [-0.2, -0.15) is 8.78 Å². The molecule has 26 heavy (non-hydrogen) atoms. The first-order chi connectivity index (χ1) is 12.4. The second-order valence-electron chi connectivity index (χ2n) is 5.64. The van der Waals surface area contributed by atoms with Crippen molar-refractivity contribution in [3.8, 4) is 5.75 Å². The van der Waals surface area contributed by atoms with E-state index in [4.69, 9.17) is 16.3 Å². The van der Waals surface area contributed by atoms with Crippen molar-refractivity contribution in [2.24, 2.45) is 0 Å². The summed E-state index contributed by atoms with van der Waals surface area (Å²) in [7, 11) is 0. The van der Waals surface area contributed by atoms with Crippen LogP contribution in [-0.4, -0.2) is 31.2 Å². The van der Waals surface area contributed by atoms with Crippen molar-refractivity contribution in [3.05, 3.63) is 63.2 Å². The van der Waals surface area contributed by atoms with Gasteiger partial charge in [0.2, 0.25) is 5.75 Å². The van der Waals surface area contributed by atoms with Crippen LogP contribution in [0.25, 0.3) is 0 Å². The smallest absolute Gasteiger partial charge is 0.387 e. The van der Waals surface area contributed by atoms with Gasteiger partial charge in [-0.25, -0.2) is 0 Å². The van der Waals surface area contributed by atoms with Gasteiger partial charge >= 0.3 is 12.3 Å². The van der Waals surface area contributed by atoms with Crippen molar-refractivity contribution in [3.63, 3.8) is 0 Å². The fraction of sp³-hybridized carbons (Fsp3) is 0.294. The number of nitro groups is 1. The van der Waals surface area contributed by atoms with Crippen LogP contribution in [-0.2, 0) is 4.74 Å². The summed E-state index contributed by atoms with van der Waals surface area (Å²) in [6.07, 6.45) is -0.226. The summed E-state index contributed by atoms with van der Waals surface area (Å²) in [5, 5.41) is 11.6. The van der Waals surface area contributed by atoms with E-state index in [0.29, 0.717) is 30.4 Å². The van der Waals surface area contributed by atoms with E-state index >= 15 is 0 Å². The number of anilines is 1. The third-order valence-electron chi connectivity index (χ3n) is 4.03. The van der Waals surface area contributed by atoms with Gasteiger partial charge < -0.3 is 14.4 Å². The Labute approximate surface area is 153 Å². The Bertz CT molecular complexity index is 789. The zero-order valence-electron chi connectivity index (χ0n) is 13.5. The molecule has 1 heterocycles. The minimum Gasteiger partial charge on any atom is -0.427 e. The second-order valence-corrected chi connectivity index (χ2v) is 6.08.